The molecule has 0 aromatic heterocycles. The van der Waals surface area contributed by atoms with Gasteiger partial charge in [0.15, 0.2) is 0 Å². The molecule has 92 valence electrons. The maximum absolute atomic E-state index is 3.31. The lowest BCUT2D eigenvalue weighted by Gasteiger charge is -2.35. The summed E-state index contributed by atoms with van der Waals surface area (Å²) in [5.41, 5.74) is 0. The van der Waals surface area contributed by atoms with Crippen LogP contribution in [0, 0.1) is 11.8 Å². The van der Waals surface area contributed by atoms with Crippen LogP contribution in [-0.2, 0) is 0 Å². The minimum atomic E-state index is 0.675. The highest BCUT2D eigenvalue weighted by Gasteiger charge is 2.20. The van der Waals surface area contributed by atoms with E-state index in [9.17, 15) is 0 Å². The number of rotatable bonds is 8. The number of hydrogen-bond acceptors (Lipinski definition) is 2. The van der Waals surface area contributed by atoms with Crippen LogP contribution in [0.5, 0.6) is 0 Å². The second-order valence-corrected chi connectivity index (χ2v) is 4.97. The Morgan fingerprint density at radius 3 is 2.07 bits per heavy atom. The smallest absolute Gasteiger partial charge is 0.0243 e. The normalized spacial score (nSPS) is 16.0. The largest absolute Gasteiger partial charge is 0.318 e. The zero-order chi connectivity index (χ0) is 11.8. The Labute approximate surface area is 96.4 Å². The van der Waals surface area contributed by atoms with Gasteiger partial charge in [0.2, 0.25) is 0 Å². The van der Waals surface area contributed by atoms with Crippen molar-refractivity contribution in [3.63, 3.8) is 0 Å². The third-order valence-corrected chi connectivity index (χ3v) is 3.30. The van der Waals surface area contributed by atoms with Gasteiger partial charge in [0.25, 0.3) is 0 Å². The molecule has 15 heavy (non-hydrogen) atoms. The maximum atomic E-state index is 3.31. The van der Waals surface area contributed by atoms with E-state index < -0.39 is 0 Å². The highest BCUT2D eigenvalue weighted by Crippen LogP contribution is 2.13. The average molecular weight is 214 g/mol. The molecule has 0 aromatic carbocycles. The van der Waals surface area contributed by atoms with Crippen LogP contribution < -0.4 is 5.32 Å². The molecule has 2 nitrogen and oxygen atoms in total. The molecular formula is C13H30N2. The molecule has 0 fully saturated rings. The van der Waals surface area contributed by atoms with Crippen LogP contribution in [-0.4, -0.2) is 37.6 Å². The Balaban J connectivity index is 4.30. The molecule has 0 saturated carbocycles. The van der Waals surface area contributed by atoms with Gasteiger partial charge in [0, 0.05) is 19.1 Å². The minimum Gasteiger partial charge on any atom is -0.318 e. The van der Waals surface area contributed by atoms with Gasteiger partial charge in [-0.05, 0) is 25.4 Å². The summed E-state index contributed by atoms with van der Waals surface area (Å²) in [4.78, 5) is 2.62. The van der Waals surface area contributed by atoms with E-state index in [1.165, 1.54) is 13.0 Å². The first kappa shape index (κ1) is 14.9. The van der Waals surface area contributed by atoms with Crippen molar-refractivity contribution in [2.45, 2.75) is 47.1 Å². The molecule has 0 aliphatic heterocycles. The van der Waals surface area contributed by atoms with Gasteiger partial charge in [0.05, 0.1) is 0 Å². The first-order valence-corrected chi connectivity index (χ1v) is 6.45. The lowest BCUT2D eigenvalue weighted by atomic mass is 10.00. The van der Waals surface area contributed by atoms with Crippen molar-refractivity contribution >= 4 is 0 Å². The van der Waals surface area contributed by atoms with Gasteiger partial charge in [0.1, 0.15) is 0 Å². The lowest BCUT2D eigenvalue weighted by molar-refractivity contribution is 0.140. The number of nitrogens with one attached hydrogen (secondary N) is 1. The number of hydrogen-bond donors (Lipinski definition) is 1. The van der Waals surface area contributed by atoms with Crippen molar-refractivity contribution in [3.05, 3.63) is 0 Å². The zero-order valence-electron chi connectivity index (χ0n) is 11.5. The quantitative estimate of drug-likeness (QED) is 0.668. The number of likely N-dealkylation sites (N-methyl/N-ethyl adjacent to an activating group) is 2. The molecule has 0 saturated heterocycles. The maximum Gasteiger partial charge on any atom is 0.0243 e. The fraction of sp³-hybridized carbons (Fsp3) is 1.00. The van der Waals surface area contributed by atoms with Gasteiger partial charge in [-0.2, -0.15) is 0 Å². The van der Waals surface area contributed by atoms with Crippen molar-refractivity contribution in [2.75, 3.05) is 26.7 Å². The van der Waals surface area contributed by atoms with Gasteiger partial charge in [-0.3, -0.25) is 4.90 Å². The Morgan fingerprint density at radius 1 is 1.13 bits per heavy atom. The zero-order valence-corrected chi connectivity index (χ0v) is 11.5. The second-order valence-electron chi connectivity index (χ2n) is 4.97. The molecule has 0 aliphatic rings. The Hall–Kier alpha value is -0.0800. The molecule has 2 heteroatoms. The number of nitrogens with zero attached hydrogens (tertiary/aromatic N) is 1. The van der Waals surface area contributed by atoms with Crippen LogP contribution >= 0.6 is 0 Å². The van der Waals surface area contributed by atoms with Crippen LogP contribution in [0.15, 0.2) is 0 Å². The average Bonchev–Trinajstić information content (AvgIpc) is 2.22. The third-order valence-electron chi connectivity index (χ3n) is 3.30. The van der Waals surface area contributed by atoms with Crippen molar-refractivity contribution in [1.29, 1.82) is 0 Å². The van der Waals surface area contributed by atoms with Crippen LogP contribution in [0.4, 0.5) is 0 Å². The van der Waals surface area contributed by atoms with Crippen LogP contribution in [0.3, 0.4) is 0 Å². The summed E-state index contributed by atoms with van der Waals surface area (Å²) in [6.07, 6.45) is 1.28. The molecule has 0 spiro atoms. The minimum absolute atomic E-state index is 0.675. The van der Waals surface area contributed by atoms with E-state index in [1.54, 1.807) is 0 Å². The highest BCUT2D eigenvalue weighted by molar-refractivity contribution is 4.77. The van der Waals surface area contributed by atoms with Gasteiger partial charge in [-0.1, -0.05) is 41.0 Å². The van der Waals surface area contributed by atoms with Gasteiger partial charge < -0.3 is 5.32 Å². The molecule has 2 unspecified atom stereocenters. The standard InChI is InChI=1S/C13H30N2/c1-7-12(5)10-15(8-2)13(9-14-6)11(3)4/h11-14H,7-10H2,1-6H3. The monoisotopic (exact) mass is 214 g/mol. The van der Waals surface area contributed by atoms with Crippen molar-refractivity contribution in [1.82, 2.24) is 10.2 Å². The molecule has 0 amide bonds. The Kier molecular flexibility index (Phi) is 8.07. The van der Waals surface area contributed by atoms with Gasteiger partial charge in [-0.15, -0.1) is 0 Å². The molecule has 1 N–H and O–H groups in total. The molecule has 0 heterocycles. The Bertz CT molecular complexity index is 145. The summed E-state index contributed by atoms with van der Waals surface area (Å²) in [5, 5.41) is 3.31. The summed E-state index contributed by atoms with van der Waals surface area (Å²) in [5.74, 6) is 1.53. The van der Waals surface area contributed by atoms with E-state index in [-0.39, 0.29) is 0 Å². The third kappa shape index (κ3) is 5.53. The van der Waals surface area contributed by atoms with E-state index in [4.69, 9.17) is 0 Å². The molecule has 2 atom stereocenters. The predicted molar refractivity (Wildman–Crippen MR) is 69.3 cm³/mol. The first-order chi connectivity index (χ1) is 7.06. The molecule has 0 bridgehead atoms. The molecule has 0 radical (unpaired) electrons. The summed E-state index contributed by atoms with van der Waals surface area (Å²) in [7, 11) is 2.05. The summed E-state index contributed by atoms with van der Waals surface area (Å²) < 4.78 is 0. The van der Waals surface area contributed by atoms with Gasteiger partial charge in [-0.25, -0.2) is 0 Å². The van der Waals surface area contributed by atoms with Crippen LogP contribution in [0.2, 0.25) is 0 Å². The van der Waals surface area contributed by atoms with Crippen molar-refractivity contribution < 1.29 is 0 Å². The summed E-state index contributed by atoms with van der Waals surface area (Å²) in [6, 6.07) is 0.675. The fourth-order valence-electron chi connectivity index (χ4n) is 2.02. The molecule has 0 aliphatic carbocycles. The first-order valence-electron chi connectivity index (χ1n) is 6.45. The van der Waals surface area contributed by atoms with Gasteiger partial charge >= 0.3 is 0 Å². The van der Waals surface area contributed by atoms with E-state index in [0.717, 1.165) is 24.9 Å². The summed E-state index contributed by atoms with van der Waals surface area (Å²) in [6.45, 7) is 15.0. The van der Waals surface area contributed by atoms with Crippen molar-refractivity contribution in [3.8, 4) is 0 Å². The Morgan fingerprint density at radius 2 is 1.73 bits per heavy atom. The summed E-state index contributed by atoms with van der Waals surface area (Å²) >= 11 is 0. The molecule has 0 rings (SSSR count). The van der Waals surface area contributed by atoms with E-state index in [0.29, 0.717) is 6.04 Å². The van der Waals surface area contributed by atoms with Crippen molar-refractivity contribution in [2.24, 2.45) is 11.8 Å². The van der Waals surface area contributed by atoms with Crippen LogP contribution in [0.1, 0.15) is 41.0 Å². The fourth-order valence-corrected chi connectivity index (χ4v) is 2.02. The van der Waals surface area contributed by atoms with E-state index in [1.807, 2.05) is 7.05 Å². The molecular weight excluding hydrogens is 184 g/mol. The second kappa shape index (κ2) is 8.12. The molecule has 0 aromatic rings. The SMILES string of the molecule is CCC(C)CN(CC)C(CNC)C(C)C. The highest BCUT2D eigenvalue weighted by atomic mass is 15.2. The van der Waals surface area contributed by atoms with E-state index >= 15 is 0 Å². The van der Waals surface area contributed by atoms with E-state index in [2.05, 4.69) is 44.8 Å². The lowest BCUT2D eigenvalue weighted by Crippen LogP contribution is -2.46. The van der Waals surface area contributed by atoms with Crippen LogP contribution in [0.25, 0.3) is 0 Å². The predicted octanol–water partition coefficient (Wildman–Crippen LogP) is 2.60. The topological polar surface area (TPSA) is 15.3 Å².